The van der Waals surface area contributed by atoms with Gasteiger partial charge in [-0.05, 0) is 30.7 Å². The van der Waals surface area contributed by atoms with Gasteiger partial charge in [-0.2, -0.15) is 0 Å². The van der Waals surface area contributed by atoms with Gasteiger partial charge in [-0.15, -0.1) is 0 Å². The molecule has 0 unspecified atom stereocenters. The first-order chi connectivity index (χ1) is 10.9. The third kappa shape index (κ3) is 4.63. The fourth-order valence-corrected chi connectivity index (χ4v) is 3.30. The van der Waals surface area contributed by atoms with Crippen LogP contribution < -0.4 is 0 Å². The van der Waals surface area contributed by atoms with Crippen molar-refractivity contribution < 1.29 is 19.5 Å². The van der Waals surface area contributed by atoms with Crippen LogP contribution in [-0.2, 0) is 9.59 Å². The summed E-state index contributed by atoms with van der Waals surface area (Å²) < 4.78 is 0.329. The Morgan fingerprint density at radius 1 is 1.30 bits per heavy atom. The van der Waals surface area contributed by atoms with Crippen molar-refractivity contribution >= 4 is 57.6 Å². The number of hydrogen-bond donors (Lipinski definition) is 1. The number of hydrogen-bond acceptors (Lipinski definition) is 5. The van der Waals surface area contributed by atoms with E-state index in [1.807, 2.05) is 0 Å². The molecule has 1 fully saturated rings. The minimum absolute atomic E-state index is 0.0419. The lowest BCUT2D eigenvalue weighted by Gasteiger charge is -2.13. The summed E-state index contributed by atoms with van der Waals surface area (Å²) in [5.74, 6) is -1.61. The molecule has 0 radical (unpaired) electrons. The smallest absolute Gasteiger partial charge is 0.303 e. The van der Waals surface area contributed by atoms with E-state index < -0.39 is 5.97 Å². The van der Waals surface area contributed by atoms with E-state index >= 15 is 0 Å². The average Bonchev–Trinajstić information content (AvgIpc) is 2.75. The second-order valence-corrected chi connectivity index (χ2v) is 6.81. The Morgan fingerprint density at radius 2 is 1.96 bits per heavy atom. The third-order valence-electron chi connectivity index (χ3n) is 3.04. The quantitative estimate of drug-likeness (QED) is 0.471. The van der Waals surface area contributed by atoms with E-state index in [0.717, 1.165) is 11.8 Å². The Hall–Kier alpha value is -1.70. The molecule has 8 heteroatoms. The van der Waals surface area contributed by atoms with E-state index in [1.165, 1.54) is 11.0 Å². The van der Waals surface area contributed by atoms with Gasteiger partial charge >= 0.3 is 5.97 Å². The highest BCUT2D eigenvalue weighted by Crippen LogP contribution is 2.31. The number of allylic oxidation sites excluding steroid dienone is 1. The maximum absolute atomic E-state index is 12.2. The lowest BCUT2D eigenvalue weighted by molar-refractivity contribution is -0.137. The molecule has 1 amide bonds. The van der Waals surface area contributed by atoms with Gasteiger partial charge in [0.25, 0.3) is 5.91 Å². The molecule has 1 N–H and O–H groups in total. The highest BCUT2D eigenvalue weighted by Gasteiger charge is 2.32. The van der Waals surface area contributed by atoms with Crippen molar-refractivity contribution in [2.45, 2.75) is 12.8 Å². The van der Waals surface area contributed by atoms with Crippen LogP contribution in [0.25, 0.3) is 0 Å². The van der Waals surface area contributed by atoms with Crippen LogP contribution in [0.15, 0.2) is 35.2 Å². The maximum Gasteiger partial charge on any atom is 0.303 e. The van der Waals surface area contributed by atoms with E-state index in [9.17, 15) is 14.4 Å². The summed E-state index contributed by atoms with van der Waals surface area (Å²) in [7, 11) is 0. The molecule has 1 aromatic carbocycles. The number of carboxylic acids is 1. The van der Waals surface area contributed by atoms with E-state index in [2.05, 4.69) is 0 Å². The number of ketones is 1. The summed E-state index contributed by atoms with van der Waals surface area (Å²) in [5, 5.41) is 9.15. The molecule has 1 saturated heterocycles. The van der Waals surface area contributed by atoms with Crippen molar-refractivity contribution in [1.29, 1.82) is 0 Å². The van der Waals surface area contributed by atoms with Crippen LogP contribution in [0.5, 0.6) is 0 Å². The first-order valence-corrected chi connectivity index (χ1v) is 8.26. The zero-order valence-electron chi connectivity index (χ0n) is 11.8. The summed E-state index contributed by atoms with van der Waals surface area (Å²) in [6, 6.07) is 6.35. The Labute approximate surface area is 147 Å². The van der Waals surface area contributed by atoms with Gasteiger partial charge in [-0.25, -0.2) is 0 Å². The Morgan fingerprint density at radius 3 is 2.57 bits per heavy atom. The van der Waals surface area contributed by atoms with Crippen LogP contribution in [0.2, 0.25) is 5.02 Å². The molecule has 0 aliphatic carbocycles. The zero-order chi connectivity index (χ0) is 17.0. The van der Waals surface area contributed by atoms with Crippen molar-refractivity contribution in [3.05, 3.63) is 45.8 Å². The molecule has 0 spiro atoms. The van der Waals surface area contributed by atoms with E-state index in [4.69, 9.17) is 28.9 Å². The topological polar surface area (TPSA) is 74.7 Å². The Kier molecular flexibility index (Phi) is 5.92. The predicted molar refractivity (Wildman–Crippen MR) is 92.6 cm³/mol. The largest absolute Gasteiger partial charge is 0.481 e. The number of rotatable bonds is 6. The number of carboxylic acid groups (broad SMARTS) is 1. The van der Waals surface area contributed by atoms with Gasteiger partial charge in [0.2, 0.25) is 0 Å². The average molecular weight is 370 g/mol. The molecule has 1 aliphatic heterocycles. The molecule has 0 atom stereocenters. The first kappa shape index (κ1) is 17.7. The number of halogens is 1. The normalized spacial score (nSPS) is 16.2. The van der Waals surface area contributed by atoms with E-state index in [1.54, 1.807) is 24.3 Å². The molecule has 0 saturated carbocycles. The zero-order valence-corrected chi connectivity index (χ0v) is 14.2. The van der Waals surface area contributed by atoms with Gasteiger partial charge < -0.3 is 5.11 Å². The molecule has 0 bridgehead atoms. The summed E-state index contributed by atoms with van der Waals surface area (Å²) in [4.78, 5) is 36.5. The SMILES string of the molecule is O=C(O)CCCN1C(=O)C(=CC(=O)c2ccc(Cl)cc2)SC1=S. The molecule has 5 nitrogen and oxygen atoms in total. The summed E-state index contributed by atoms with van der Waals surface area (Å²) in [6.45, 7) is 0.226. The highest BCUT2D eigenvalue weighted by molar-refractivity contribution is 8.26. The van der Waals surface area contributed by atoms with Crippen molar-refractivity contribution in [3.8, 4) is 0 Å². The Balaban J connectivity index is 2.07. The van der Waals surface area contributed by atoms with Crippen molar-refractivity contribution in [3.63, 3.8) is 0 Å². The fourth-order valence-electron chi connectivity index (χ4n) is 1.90. The minimum atomic E-state index is -0.927. The molecule has 0 aromatic heterocycles. The number of aliphatic carboxylic acids is 1. The summed E-state index contributed by atoms with van der Waals surface area (Å²) in [6.07, 6.45) is 1.51. The predicted octanol–water partition coefficient (Wildman–Crippen LogP) is 3.13. The van der Waals surface area contributed by atoms with Crippen LogP contribution in [0, 0.1) is 0 Å². The maximum atomic E-state index is 12.2. The van der Waals surface area contributed by atoms with E-state index in [0.29, 0.717) is 21.3 Å². The second kappa shape index (κ2) is 7.72. The third-order valence-corrected chi connectivity index (χ3v) is 4.67. The van der Waals surface area contributed by atoms with Gasteiger partial charge in [0.1, 0.15) is 4.32 Å². The van der Waals surface area contributed by atoms with Gasteiger partial charge in [0.05, 0.1) is 4.91 Å². The number of thiocarbonyl (C=S) groups is 1. The molecule has 23 heavy (non-hydrogen) atoms. The van der Waals surface area contributed by atoms with Crippen LogP contribution in [-0.4, -0.2) is 38.5 Å². The lowest BCUT2D eigenvalue weighted by atomic mass is 10.1. The van der Waals surface area contributed by atoms with Gasteiger partial charge in [-0.3, -0.25) is 19.3 Å². The monoisotopic (exact) mass is 369 g/mol. The number of amides is 1. The number of thioether (sulfide) groups is 1. The van der Waals surface area contributed by atoms with Gasteiger partial charge in [0.15, 0.2) is 5.78 Å². The van der Waals surface area contributed by atoms with E-state index in [-0.39, 0.29) is 29.6 Å². The van der Waals surface area contributed by atoms with Crippen molar-refractivity contribution in [2.75, 3.05) is 6.54 Å². The molecule has 1 heterocycles. The second-order valence-electron chi connectivity index (χ2n) is 4.70. The van der Waals surface area contributed by atoms with Crippen LogP contribution in [0.3, 0.4) is 0 Å². The van der Waals surface area contributed by atoms with Crippen LogP contribution in [0.1, 0.15) is 23.2 Å². The highest BCUT2D eigenvalue weighted by atomic mass is 35.5. The number of carbonyl (C=O) groups excluding carboxylic acids is 2. The molecule has 1 aromatic rings. The summed E-state index contributed by atoms with van der Waals surface area (Å²) >= 11 is 11.9. The first-order valence-electron chi connectivity index (χ1n) is 6.65. The number of carbonyl (C=O) groups is 3. The standard InChI is InChI=1S/C15H12ClNO4S2/c16-10-5-3-9(4-6-10)11(18)8-12-14(21)17(15(22)23-12)7-1-2-13(19)20/h3-6,8H,1-2,7H2,(H,19,20). The Bertz CT molecular complexity index is 700. The summed E-state index contributed by atoms with van der Waals surface area (Å²) in [5.41, 5.74) is 0.422. The lowest BCUT2D eigenvalue weighted by Crippen LogP contribution is -2.29. The van der Waals surface area contributed by atoms with Crippen LogP contribution >= 0.6 is 35.6 Å². The number of nitrogens with zero attached hydrogens (tertiary/aromatic N) is 1. The molecule has 1 aliphatic rings. The molecular formula is C15H12ClNO4S2. The van der Waals surface area contributed by atoms with Crippen molar-refractivity contribution in [1.82, 2.24) is 4.90 Å². The van der Waals surface area contributed by atoms with Crippen LogP contribution in [0.4, 0.5) is 0 Å². The number of benzene rings is 1. The molecule has 2 rings (SSSR count). The van der Waals surface area contributed by atoms with Gasteiger partial charge in [-0.1, -0.05) is 35.6 Å². The minimum Gasteiger partial charge on any atom is -0.481 e. The fraction of sp³-hybridized carbons (Fsp3) is 0.200. The van der Waals surface area contributed by atoms with Crippen molar-refractivity contribution in [2.24, 2.45) is 0 Å². The molecule has 120 valence electrons. The van der Waals surface area contributed by atoms with Gasteiger partial charge in [0, 0.05) is 29.6 Å². The molecular weight excluding hydrogens is 358 g/mol.